The van der Waals surface area contributed by atoms with E-state index in [0.717, 1.165) is 18.7 Å². The number of nitrogens with zero attached hydrogens (tertiary/aromatic N) is 1. The highest BCUT2D eigenvalue weighted by atomic mass is 32.2. The Hall–Kier alpha value is -0.620. The number of rotatable bonds is 7. The number of hydrogen-bond donors (Lipinski definition) is 1. The molecular weight excluding hydrogens is 249 g/mol. The lowest BCUT2D eigenvalue weighted by Crippen LogP contribution is -2.20. The quantitative estimate of drug-likeness (QED) is 0.763. The third-order valence-electron chi connectivity index (χ3n) is 2.24. The van der Waals surface area contributed by atoms with Gasteiger partial charge in [-0.1, -0.05) is 6.92 Å². The summed E-state index contributed by atoms with van der Waals surface area (Å²) in [6.07, 6.45) is 3.04. The molecular formula is C11H17F3N2S. The van der Waals surface area contributed by atoms with Crippen LogP contribution < -0.4 is 5.32 Å². The van der Waals surface area contributed by atoms with E-state index >= 15 is 0 Å². The highest BCUT2D eigenvalue weighted by Crippen LogP contribution is 2.29. The van der Waals surface area contributed by atoms with Gasteiger partial charge >= 0.3 is 5.51 Å². The predicted octanol–water partition coefficient (Wildman–Crippen LogP) is 3.24. The van der Waals surface area contributed by atoms with E-state index in [1.807, 2.05) is 18.3 Å². The molecule has 1 aromatic rings. The van der Waals surface area contributed by atoms with E-state index in [-0.39, 0.29) is 17.5 Å². The Kier molecular flexibility index (Phi) is 5.91. The monoisotopic (exact) mass is 266 g/mol. The molecule has 0 aliphatic carbocycles. The Morgan fingerprint density at radius 2 is 2.18 bits per heavy atom. The van der Waals surface area contributed by atoms with Crippen molar-refractivity contribution in [1.82, 2.24) is 9.88 Å². The molecule has 0 aliphatic rings. The minimum Gasteiger partial charge on any atom is -0.350 e. The van der Waals surface area contributed by atoms with E-state index in [4.69, 9.17) is 0 Å². The molecule has 0 radical (unpaired) electrons. The molecule has 0 amide bonds. The first-order valence-corrected chi connectivity index (χ1v) is 6.57. The van der Waals surface area contributed by atoms with Gasteiger partial charge in [-0.25, -0.2) is 0 Å². The zero-order chi connectivity index (χ0) is 12.7. The molecule has 1 N–H and O–H groups in total. The van der Waals surface area contributed by atoms with Crippen molar-refractivity contribution in [3.63, 3.8) is 0 Å². The third kappa shape index (κ3) is 6.02. The van der Waals surface area contributed by atoms with E-state index in [9.17, 15) is 13.2 Å². The number of nitrogens with one attached hydrogen (secondary N) is 1. The fraction of sp³-hybridized carbons (Fsp3) is 0.636. The van der Waals surface area contributed by atoms with Crippen molar-refractivity contribution in [2.75, 3.05) is 12.3 Å². The molecule has 2 nitrogen and oxygen atoms in total. The maximum absolute atomic E-state index is 11.9. The van der Waals surface area contributed by atoms with E-state index in [1.165, 1.54) is 0 Å². The summed E-state index contributed by atoms with van der Waals surface area (Å²) in [6, 6.07) is 3.94. The summed E-state index contributed by atoms with van der Waals surface area (Å²) in [7, 11) is 0. The lowest BCUT2D eigenvalue weighted by Gasteiger charge is -2.09. The van der Waals surface area contributed by atoms with Gasteiger partial charge in [0, 0.05) is 37.3 Å². The van der Waals surface area contributed by atoms with Crippen LogP contribution in [-0.2, 0) is 13.1 Å². The molecule has 0 fully saturated rings. The Bertz CT molecular complexity index is 323. The van der Waals surface area contributed by atoms with E-state index < -0.39 is 5.51 Å². The largest absolute Gasteiger partial charge is 0.441 e. The Morgan fingerprint density at radius 3 is 2.82 bits per heavy atom. The summed E-state index contributed by atoms with van der Waals surface area (Å²) >= 11 is 0.0159. The molecule has 1 rings (SSSR count). The molecule has 0 spiro atoms. The summed E-state index contributed by atoms with van der Waals surface area (Å²) in [5.74, 6) is 0.0536. The van der Waals surface area contributed by atoms with Crippen molar-refractivity contribution in [3.05, 3.63) is 24.0 Å². The summed E-state index contributed by atoms with van der Waals surface area (Å²) in [4.78, 5) is 0. The van der Waals surface area contributed by atoms with Crippen molar-refractivity contribution in [1.29, 1.82) is 0 Å². The van der Waals surface area contributed by atoms with Crippen LogP contribution in [0, 0.1) is 0 Å². The van der Waals surface area contributed by atoms with Crippen LogP contribution in [0.25, 0.3) is 0 Å². The summed E-state index contributed by atoms with van der Waals surface area (Å²) in [6.45, 7) is 4.02. The second-order valence-electron chi connectivity index (χ2n) is 3.66. The Labute approximate surface area is 104 Å². The van der Waals surface area contributed by atoms with Gasteiger partial charge in [-0.3, -0.25) is 0 Å². The number of halogens is 3. The zero-order valence-electron chi connectivity index (χ0n) is 9.76. The van der Waals surface area contributed by atoms with Crippen molar-refractivity contribution < 1.29 is 13.2 Å². The molecule has 0 saturated carbocycles. The molecule has 1 heterocycles. The average Bonchev–Trinajstić information content (AvgIpc) is 2.64. The van der Waals surface area contributed by atoms with Crippen molar-refractivity contribution >= 4 is 11.8 Å². The van der Waals surface area contributed by atoms with Gasteiger partial charge in [-0.15, -0.1) is 0 Å². The van der Waals surface area contributed by atoms with Crippen molar-refractivity contribution in [2.45, 2.75) is 31.9 Å². The maximum atomic E-state index is 11.9. The van der Waals surface area contributed by atoms with Crippen LogP contribution in [0.15, 0.2) is 18.3 Å². The van der Waals surface area contributed by atoms with Gasteiger partial charge in [0.2, 0.25) is 0 Å². The Morgan fingerprint density at radius 1 is 1.41 bits per heavy atom. The molecule has 6 heteroatoms. The smallest absolute Gasteiger partial charge is 0.350 e. The Balaban J connectivity index is 2.20. The van der Waals surface area contributed by atoms with Gasteiger partial charge in [0.05, 0.1) is 0 Å². The van der Waals surface area contributed by atoms with Crippen LogP contribution in [0.5, 0.6) is 0 Å². The second-order valence-corrected chi connectivity index (χ2v) is 4.82. The minimum atomic E-state index is -4.12. The van der Waals surface area contributed by atoms with Crippen LogP contribution in [0.1, 0.15) is 19.0 Å². The topological polar surface area (TPSA) is 17.0 Å². The molecule has 0 unspecified atom stereocenters. The molecule has 17 heavy (non-hydrogen) atoms. The number of aromatic nitrogens is 1. The summed E-state index contributed by atoms with van der Waals surface area (Å²) < 4.78 is 37.7. The van der Waals surface area contributed by atoms with Gasteiger partial charge in [0.15, 0.2) is 0 Å². The zero-order valence-corrected chi connectivity index (χ0v) is 10.6. The molecule has 1 aromatic heterocycles. The standard InChI is InChI=1S/C11H17F3N2S/c1-2-6-16-7-3-4-10(16)9-15-5-8-17-11(12,13)14/h3-4,7,15H,2,5-6,8-9H2,1H3. The van der Waals surface area contributed by atoms with Crippen LogP contribution in [0.3, 0.4) is 0 Å². The normalized spacial score (nSPS) is 12.0. The van der Waals surface area contributed by atoms with E-state index in [1.54, 1.807) is 0 Å². The first-order chi connectivity index (χ1) is 8.03. The molecule has 0 aliphatic heterocycles. The molecule has 0 aromatic carbocycles. The SMILES string of the molecule is CCCn1cccc1CNCCSC(F)(F)F. The fourth-order valence-electron chi connectivity index (χ4n) is 1.52. The molecule has 0 bridgehead atoms. The first kappa shape index (κ1) is 14.4. The number of hydrogen-bond acceptors (Lipinski definition) is 2. The van der Waals surface area contributed by atoms with E-state index in [0.29, 0.717) is 13.1 Å². The number of aryl methyl sites for hydroxylation is 1. The second kappa shape index (κ2) is 6.96. The molecule has 0 saturated heterocycles. The summed E-state index contributed by atoms with van der Waals surface area (Å²) in [5.41, 5.74) is -3.01. The van der Waals surface area contributed by atoms with Crippen molar-refractivity contribution in [3.8, 4) is 0 Å². The molecule has 0 atom stereocenters. The van der Waals surface area contributed by atoms with E-state index in [2.05, 4.69) is 16.8 Å². The van der Waals surface area contributed by atoms with Crippen LogP contribution >= 0.6 is 11.8 Å². The van der Waals surface area contributed by atoms with Gasteiger partial charge in [-0.05, 0) is 30.3 Å². The third-order valence-corrected chi connectivity index (χ3v) is 2.97. The molecule has 98 valence electrons. The fourth-order valence-corrected chi connectivity index (χ4v) is 2.00. The maximum Gasteiger partial charge on any atom is 0.441 e. The number of thioether (sulfide) groups is 1. The lowest BCUT2D eigenvalue weighted by atomic mass is 10.4. The highest BCUT2D eigenvalue weighted by molar-refractivity contribution is 8.00. The lowest BCUT2D eigenvalue weighted by molar-refractivity contribution is -0.0327. The summed E-state index contributed by atoms with van der Waals surface area (Å²) in [5, 5.41) is 3.02. The van der Waals surface area contributed by atoms with Gasteiger partial charge in [-0.2, -0.15) is 13.2 Å². The van der Waals surface area contributed by atoms with Crippen molar-refractivity contribution in [2.24, 2.45) is 0 Å². The van der Waals surface area contributed by atoms with Gasteiger partial charge in [0.25, 0.3) is 0 Å². The average molecular weight is 266 g/mol. The van der Waals surface area contributed by atoms with Gasteiger partial charge < -0.3 is 9.88 Å². The minimum absolute atomic E-state index is 0.0159. The predicted molar refractivity (Wildman–Crippen MR) is 64.9 cm³/mol. The highest BCUT2D eigenvalue weighted by Gasteiger charge is 2.27. The number of alkyl halides is 3. The van der Waals surface area contributed by atoms with Crippen LogP contribution in [-0.4, -0.2) is 22.4 Å². The van der Waals surface area contributed by atoms with Gasteiger partial charge in [0.1, 0.15) is 0 Å². The first-order valence-electron chi connectivity index (χ1n) is 5.58. The van der Waals surface area contributed by atoms with Crippen LogP contribution in [0.2, 0.25) is 0 Å². The van der Waals surface area contributed by atoms with Crippen LogP contribution in [0.4, 0.5) is 13.2 Å².